The lowest BCUT2D eigenvalue weighted by molar-refractivity contribution is -0.143. The summed E-state index contributed by atoms with van der Waals surface area (Å²) in [5.41, 5.74) is 0. The summed E-state index contributed by atoms with van der Waals surface area (Å²) in [6.45, 7) is 5.18. The van der Waals surface area contributed by atoms with Gasteiger partial charge < -0.3 is 4.74 Å². The first kappa shape index (κ1) is 29.5. The maximum absolute atomic E-state index is 11.8. The van der Waals surface area contributed by atoms with Crippen LogP contribution < -0.4 is 0 Å². The molecule has 0 rings (SSSR count). The molecule has 0 aromatic heterocycles. The Hall–Kier alpha value is -0.530. The Morgan fingerprint density at radius 3 is 1.10 bits per heavy atom. The van der Waals surface area contributed by atoms with Crippen LogP contribution in [0.15, 0.2) is 0 Å². The molecule has 0 aliphatic rings. The van der Waals surface area contributed by atoms with Gasteiger partial charge in [0.1, 0.15) is 0 Å². The molecule has 2 nitrogen and oxygen atoms in total. The molecule has 0 fully saturated rings. The van der Waals surface area contributed by atoms with Crippen LogP contribution in [0.2, 0.25) is 0 Å². The fourth-order valence-electron chi connectivity index (χ4n) is 4.13. The van der Waals surface area contributed by atoms with Gasteiger partial charge >= 0.3 is 5.97 Å². The minimum absolute atomic E-state index is 0.0224. The van der Waals surface area contributed by atoms with Gasteiger partial charge in [0.25, 0.3) is 0 Å². The summed E-state index contributed by atoms with van der Waals surface area (Å²) in [7, 11) is 0. The van der Waals surface area contributed by atoms with Crippen LogP contribution in [-0.4, -0.2) is 12.6 Å². The number of hydrogen-bond donors (Lipinski definition) is 0. The van der Waals surface area contributed by atoms with Gasteiger partial charge in [0, 0.05) is 6.42 Å². The Labute approximate surface area is 190 Å². The molecule has 2 heteroatoms. The normalized spacial score (nSPS) is 11.1. The number of hydrogen-bond acceptors (Lipinski definition) is 2. The second kappa shape index (κ2) is 26.5. The van der Waals surface area contributed by atoms with Crippen molar-refractivity contribution in [3.05, 3.63) is 0 Å². The molecule has 0 bridgehead atoms. The Balaban J connectivity index is 3.14. The molecule has 0 amide bonds. The molecule has 0 aliphatic heterocycles. The van der Waals surface area contributed by atoms with E-state index in [4.69, 9.17) is 4.74 Å². The van der Waals surface area contributed by atoms with Crippen LogP contribution in [0.4, 0.5) is 0 Å². The van der Waals surface area contributed by atoms with Gasteiger partial charge in [0.2, 0.25) is 0 Å². The van der Waals surface area contributed by atoms with Crippen molar-refractivity contribution >= 4 is 5.97 Å². The van der Waals surface area contributed by atoms with Crippen molar-refractivity contribution < 1.29 is 9.53 Å². The number of carbonyl (C=O) groups excluding carboxylic acids is 1. The molecule has 0 aromatic carbocycles. The molecule has 180 valence electrons. The van der Waals surface area contributed by atoms with Crippen LogP contribution in [0, 0.1) is 0 Å². The van der Waals surface area contributed by atoms with Gasteiger partial charge in [-0.3, -0.25) is 4.79 Å². The van der Waals surface area contributed by atoms with Crippen LogP contribution in [0.25, 0.3) is 0 Å². The van der Waals surface area contributed by atoms with Gasteiger partial charge in [0.05, 0.1) is 6.61 Å². The van der Waals surface area contributed by atoms with Gasteiger partial charge in [-0.05, 0) is 12.8 Å². The maximum Gasteiger partial charge on any atom is 0.305 e. The second-order valence-electron chi connectivity index (χ2n) is 9.40. The van der Waals surface area contributed by atoms with E-state index in [0.717, 1.165) is 12.8 Å². The van der Waals surface area contributed by atoms with Crippen molar-refractivity contribution in [3.8, 4) is 0 Å². The first-order valence-electron chi connectivity index (χ1n) is 14.0. The molecule has 30 heavy (non-hydrogen) atoms. The first-order valence-corrected chi connectivity index (χ1v) is 14.0. The topological polar surface area (TPSA) is 26.3 Å². The third-order valence-electron chi connectivity index (χ3n) is 6.25. The minimum Gasteiger partial charge on any atom is -0.466 e. The van der Waals surface area contributed by atoms with E-state index in [1.54, 1.807) is 0 Å². The number of carbonyl (C=O) groups is 1. The number of unbranched alkanes of at least 4 members (excludes halogenated alkanes) is 21. The van der Waals surface area contributed by atoms with Crippen molar-refractivity contribution in [2.45, 2.75) is 168 Å². The Morgan fingerprint density at radius 1 is 0.433 bits per heavy atom. The monoisotopic (exact) mass is 424 g/mol. The van der Waals surface area contributed by atoms with E-state index in [9.17, 15) is 4.79 Å². The summed E-state index contributed by atoms with van der Waals surface area (Å²) in [6.07, 6.45) is 31.3. The minimum atomic E-state index is 0.0224. The zero-order valence-corrected chi connectivity index (χ0v) is 21.0. The fraction of sp³-hybridized carbons (Fsp3) is 0.964. The smallest absolute Gasteiger partial charge is 0.305 e. The molecule has 0 heterocycles. The molecule has 0 atom stereocenters. The summed E-state index contributed by atoms with van der Waals surface area (Å²) < 4.78 is 5.39. The largest absolute Gasteiger partial charge is 0.466 e. The third kappa shape index (κ3) is 25.5. The van der Waals surface area contributed by atoms with Gasteiger partial charge in [-0.2, -0.15) is 0 Å². The second-order valence-corrected chi connectivity index (χ2v) is 9.40. The predicted molar refractivity (Wildman–Crippen MR) is 133 cm³/mol. The van der Waals surface area contributed by atoms with Crippen LogP contribution in [-0.2, 0) is 9.53 Å². The number of ether oxygens (including phenoxy) is 1. The zero-order chi connectivity index (χ0) is 22.0. The zero-order valence-electron chi connectivity index (χ0n) is 21.0. The highest BCUT2D eigenvalue weighted by Crippen LogP contribution is 2.13. The molecule has 0 saturated carbocycles. The van der Waals surface area contributed by atoms with E-state index >= 15 is 0 Å². The van der Waals surface area contributed by atoms with E-state index in [-0.39, 0.29) is 5.97 Å². The van der Waals surface area contributed by atoms with E-state index < -0.39 is 0 Å². The lowest BCUT2D eigenvalue weighted by Crippen LogP contribution is -2.05. The fourth-order valence-corrected chi connectivity index (χ4v) is 4.13. The summed E-state index contributed by atoms with van der Waals surface area (Å²) in [6, 6.07) is 0. The number of esters is 1. The van der Waals surface area contributed by atoms with Crippen molar-refractivity contribution in [2.75, 3.05) is 6.61 Å². The summed E-state index contributed by atoms with van der Waals surface area (Å²) in [4.78, 5) is 11.8. The molecule has 0 saturated heterocycles. The highest BCUT2D eigenvalue weighted by molar-refractivity contribution is 5.69. The van der Waals surface area contributed by atoms with Crippen LogP contribution in [0.1, 0.15) is 168 Å². The first-order chi connectivity index (χ1) is 14.8. The lowest BCUT2D eigenvalue weighted by atomic mass is 10.0. The molecule has 0 unspecified atom stereocenters. The SMILES string of the molecule is CCCCCCCCCCCCCCC(=O)OCCCCCCCCCCCCC. The highest BCUT2D eigenvalue weighted by Gasteiger charge is 2.02. The molecular weight excluding hydrogens is 368 g/mol. The molecular formula is C28H56O2. The molecule has 0 aliphatic carbocycles. The van der Waals surface area contributed by atoms with Crippen molar-refractivity contribution in [3.63, 3.8) is 0 Å². The van der Waals surface area contributed by atoms with E-state index in [1.807, 2.05) is 0 Å². The van der Waals surface area contributed by atoms with E-state index in [0.29, 0.717) is 13.0 Å². The average molecular weight is 425 g/mol. The Bertz CT molecular complexity index is 297. The van der Waals surface area contributed by atoms with Crippen LogP contribution in [0.5, 0.6) is 0 Å². The predicted octanol–water partition coefficient (Wildman–Crippen LogP) is 9.93. The average Bonchev–Trinajstić information content (AvgIpc) is 2.75. The summed E-state index contributed by atoms with van der Waals surface area (Å²) >= 11 is 0. The summed E-state index contributed by atoms with van der Waals surface area (Å²) in [5.74, 6) is 0.0224. The van der Waals surface area contributed by atoms with Gasteiger partial charge in [-0.1, -0.05) is 149 Å². The van der Waals surface area contributed by atoms with E-state index in [2.05, 4.69) is 13.8 Å². The Kier molecular flexibility index (Phi) is 26.0. The maximum atomic E-state index is 11.8. The molecule has 0 aromatic rings. The van der Waals surface area contributed by atoms with Gasteiger partial charge in [0.15, 0.2) is 0 Å². The van der Waals surface area contributed by atoms with Crippen molar-refractivity contribution in [1.29, 1.82) is 0 Å². The van der Waals surface area contributed by atoms with E-state index in [1.165, 1.54) is 135 Å². The molecule has 0 N–H and O–H groups in total. The number of rotatable bonds is 25. The van der Waals surface area contributed by atoms with Gasteiger partial charge in [-0.15, -0.1) is 0 Å². The third-order valence-corrected chi connectivity index (χ3v) is 6.25. The molecule has 0 radical (unpaired) electrons. The lowest BCUT2D eigenvalue weighted by Gasteiger charge is -2.06. The van der Waals surface area contributed by atoms with Crippen LogP contribution >= 0.6 is 0 Å². The van der Waals surface area contributed by atoms with Crippen LogP contribution in [0.3, 0.4) is 0 Å². The Morgan fingerprint density at radius 2 is 0.733 bits per heavy atom. The highest BCUT2D eigenvalue weighted by atomic mass is 16.5. The quantitative estimate of drug-likeness (QED) is 0.108. The molecule has 0 spiro atoms. The van der Waals surface area contributed by atoms with Crippen molar-refractivity contribution in [2.24, 2.45) is 0 Å². The van der Waals surface area contributed by atoms with Crippen molar-refractivity contribution in [1.82, 2.24) is 0 Å². The summed E-state index contributed by atoms with van der Waals surface area (Å²) in [5, 5.41) is 0. The van der Waals surface area contributed by atoms with Gasteiger partial charge in [-0.25, -0.2) is 0 Å². The standard InChI is InChI=1S/C28H56O2/c1-3-5-7-9-11-13-15-16-18-20-22-24-26-28(29)30-27-25-23-21-19-17-14-12-10-8-6-4-2/h3-27H2,1-2H3.